The lowest BCUT2D eigenvalue weighted by molar-refractivity contribution is 0.668. The van der Waals surface area contributed by atoms with Crippen molar-refractivity contribution in [3.05, 3.63) is 206 Å². The van der Waals surface area contributed by atoms with E-state index in [2.05, 4.69) is 215 Å². The Morgan fingerprint density at radius 1 is 0.266 bits per heavy atom. The largest absolute Gasteiger partial charge is 0.456 e. The molecule has 0 fully saturated rings. The first-order valence-electron chi connectivity index (χ1n) is 21.9. The van der Waals surface area contributed by atoms with Gasteiger partial charge in [0.15, 0.2) is 0 Å². The molecule has 64 heavy (non-hydrogen) atoms. The van der Waals surface area contributed by atoms with Gasteiger partial charge in [0.25, 0.3) is 0 Å². The molecule has 0 aliphatic carbocycles. The molecule has 0 bridgehead atoms. The summed E-state index contributed by atoms with van der Waals surface area (Å²) in [5.41, 5.74) is 15.3. The van der Waals surface area contributed by atoms with Crippen molar-refractivity contribution < 1.29 is 8.83 Å². The summed E-state index contributed by atoms with van der Waals surface area (Å²) in [5.74, 6) is 0. The number of furan rings is 2. The van der Waals surface area contributed by atoms with Crippen molar-refractivity contribution in [2.75, 3.05) is 0 Å². The van der Waals surface area contributed by atoms with Crippen molar-refractivity contribution in [2.45, 2.75) is 0 Å². The zero-order valence-corrected chi connectivity index (χ0v) is 34.3. The van der Waals surface area contributed by atoms with Gasteiger partial charge in [0.1, 0.15) is 22.3 Å². The van der Waals surface area contributed by atoms with Crippen LogP contribution < -0.4 is 0 Å². The van der Waals surface area contributed by atoms with E-state index in [-0.39, 0.29) is 0 Å². The van der Waals surface area contributed by atoms with Crippen LogP contribution in [-0.4, -0.2) is 9.13 Å². The molecule has 15 rings (SSSR count). The van der Waals surface area contributed by atoms with Gasteiger partial charge in [0.2, 0.25) is 0 Å². The predicted molar refractivity (Wildman–Crippen MR) is 267 cm³/mol. The Hall–Kier alpha value is -8.60. The maximum absolute atomic E-state index is 6.81. The maximum atomic E-state index is 6.81. The fourth-order valence-corrected chi connectivity index (χ4v) is 11.2. The third kappa shape index (κ3) is 4.51. The van der Waals surface area contributed by atoms with Crippen molar-refractivity contribution in [3.63, 3.8) is 0 Å². The topological polar surface area (TPSA) is 36.1 Å². The number of nitrogens with zero attached hydrogens (tertiary/aromatic N) is 2. The highest BCUT2D eigenvalue weighted by molar-refractivity contribution is 6.35. The highest BCUT2D eigenvalue weighted by Crippen LogP contribution is 2.47. The van der Waals surface area contributed by atoms with Gasteiger partial charge in [-0.3, -0.25) is 0 Å². The number of para-hydroxylation sites is 3. The Morgan fingerprint density at radius 3 is 1.52 bits per heavy atom. The highest BCUT2D eigenvalue weighted by Gasteiger charge is 2.22. The molecule has 4 heteroatoms. The maximum Gasteiger partial charge on any atom is 0.137 e. The minimum atomic E-state index is 0.865. The van der Waals surface area contributed by atoms with Crippen LogP contribution in [0.3, 0.4) is 0 Å². The van der Waals surface area contributed by atoms with Gasteiger partial charge in [0, 0.05) is 43.4 Å². The van der Waals surface area contributed by atoms with Gasteiger partial charge in [-0.15, -0.1) is 0 Å². The molecular formula is C60H34N2O2. The Kier molecular flexibility index (Phi) is 6.65. The molecule has 0 N–H and O–H groups in total. The molecule has 0 atom stereocenters. The number of rotatable bonds is 4. The molecule has 0 radical (unpaired) electrons. The summed E-state index contributed by atoms with van der Waals surface area (Å²) >= 11 is 0. The Morgan fingerprint density at radius 2 is 0.781 bits per heavy atom. The van der Waals surface area contributed by atoms with Crippen molar-refractivity contribution >= 4 is 109 Å². The van der Waals surface area contributed by atoms with Gasteiger partial charge < -0.3 is 18.0 Å². The van der Waals surface area contributed by atoms with Crippen LogP contribution >= 0.6 is 0 Å². The van der Waals surface area contributed by atoms with Crippen LogP contribution in [0.1, 0.15) is 0 Å². The monoisotopic (exact) mass is 814 g/mol. The van der Waals surface area contributed by atoms with E-state index in [1.165, 1.54) is 81.6 Å². The summed E-state index contributed by atoms with van der Waals surface area (Å²) in [4.78, 5) is 0. The second-order valence-corrected chi connectivity index (χ2v) is 17.2. The van der Waals surface area contributed by atoms with Gasteiger partial charge in [0.05, 0.1) is 33.1 Å². The summed E-state index contributed by atoms with van der Waals surface area (Å²) in [7, 11) is 0. The van der Waals surface area contributed by atoms with Crippen LogP contribution in [0, 0.1) is 0 Å². The first-order chi connectivity index (χ1) is 31.7. The molecule has 4 nitrogen and oxygen atoms in total. The molecule has 0 spiro atoms. The van der Waals surface area contributed by atoms with Crippen molar-refractivity contribution in [3.8, 4) is 33.6 Å². The van der Waals surface area contributed by atoms with Crippen LogP contribution in [-0.2, 0) is 0 Å². The predicted octanol–water partition coefficient (Wildman–Crippen LogP) is 16.8. The van der Waals surface area contributed by atoms with E-state index in [9.17, 15) is 0 Å². The van der Waals surface area contributed by atoms with E-state index in [4.69, 9.17) is 8.83 Å². The van der Waals surface area contributed by atoms with Crippen LogP contribution in [0.4, 0.5) is 0 Å². The lowest BCUT2D eigenvalue weighted by Gasteiger charge is -2.13. The van der Waals surface area contributed by atoms with Crippen LogP contribution in [0.2, 0.25) is 0 Å². The van der Waals surface area contributed by atoms with Gasteiger partial charge in [-0.05, 0) is 129 Å². The lowest BCUT2D eigenvalue weighted by Crippen LogP contribution is -1.94. The molecule has 0 aliphatic heterocycles. The fourth-order valence-electron chi connectivity index (χ4n) is 11.2. The van der Waals surface area contributed by atoms with E-state index < -0.39 is 0 Å². The first-order valence-corrected chi connectivity index (χ1v) is 21.9. The smallest absolute Gasteiger partial charge is 0.137 e. The summed E-state index contributed by atoms with van der Waals surface area (Å²) in [6.07, 6.45) is 0. The first kappa shape index (κ1) is 34.0. The second-order valence-electron chi connectivity index (χ2n) is 17.2. The third-order valence-corrected chi connectivity index (χ3v) is 13.9. The molecule has 4 heterocycles. The standard InChI is InChI=1S/C60H34N2O2/c1-2-12-38(13-3-1)61-48-20-6-4-14-40(48)46-32-35(27-30-50(46)61)36-28-31-51-47(33-36)41-15-5-7-21-49(41)62(51)52-22-11-25-53-58(52)44-29-26-37(34-56(44)64-53)39-16-8-17-42-43-18-9-23-54-59(43)60-45(57(39)42)19-10-24-55(60)63-54/h1-34H. The molecule has 15 aromatic rings. The molecule has 0 unspecified atom stereocenters. The minimum absolute atomic E-state index is 0.865. The molecule has 4 aromatic heterocycles. The van der Waals surface area contributed by atoms with Crippen LogP contribution in [0.25, 0.3) is 143 Å². The summed E-state index contributed by atoms with van der Waals surface area (Å²) in [5, 5.41) is 14.4. The number of hydrogen-bond donors (Lipinski definition) is 0. The summed E-state index contributed by atoms with van der Waals surface area (Å²) in [6, 6.07) is 74.7. The number of aromatic nitrogens is 2. The molecule has 296 valence electrons. The minimum Gasteiger partial charge on any atom is -0.456 e. The molecular weight excluding hydrogens is 781 g/mol. The van der Waals surface area contributed by atoms with E-state index in [1.807, 2.05) is 0 Å². The van der Waals surface area contributed by atoms with E-state index in [1.54, 1.807) is 0 Å². The van der Waals surface area contributed by atoms with Gasteiger partial charge in [-0.25, -0.2) is 0 Å². The fraction of sp³-hybridized carbons (Fsp3) is 0. The molecule has 11 aromatic carbocycles. The quantitative estimate of drug-likeness (QED) is 0.166. The summed E-state index contributed by atoms with van der Waals surface area (Å²) < 4.78 is 18.0. The molecule has 0 amide bonds. The molecule has 0 saturated carbocycles. The molecule has 0 aliphatic rings. The number of benzene rings is 11. The van der Waals surface area contributed by atoms with Crippen molar-refractivity contribution in [1.82, 2.24) is 9.13 Å². The SMILES string of the molecule is c1ccc(-n2c3ccccc3c3cc(-c4ccc5c(c4)c4ccccc4n5-c4cccc5oc6cc(-c7cccc8c9cccc%10oc%11cccc(c78)c%11c%109)ccc6c45)ccc32)cc1. The van der Waals surface area contributed by atoms with Gasteiger partial charge in [-0.1, -0.05) is 121 Å². The Labute approximate surface area is 365 Å². The van der Waals surface area contributed by atoms with Gasteiger partial charge >= 0.3 is 0 Å². The Bertz CT molecular complexity index is 4430. The Balaban J connectivity index is 0.900. The van der Waals surface area contributed by atoms with Gasteiger partial charge in [-0.2, -0.15) is 0 Å². The summed E-state index contributed by atoms with van der Waals surface area (Å²) in [6.45, 7) is 0. The highest BCUT2D eigenvalue weighted by atomic mass is 16.3. The average molecular weight is 815 g/mol. The number of hydrogen-bond acceptors (Lipinski definition) is 2. The normalized spacial score (nSPS) is 12.4. The van der Waals surface area contributed by atoms with E-state index in [0.717, 1.165) is 61.1 Å². The van der Waals surface area contributed by atoms with Crippen molar-refractivity contribution in [2.24, 2.45) is 0 Å². The lowest BCUT2D eigenvalue weighted by atomic mass is 9.89. The molecule has 0 saturated heterocycles. The number of fused-ring (bicyclic) bond motifs is 12. The second kappa shape index (κ2) is 12.5. The zero-order chi connectivity index (χ0) is 41.6. The third-order valence-electron chi connectivity index (χ3n) is 13.9. The van der Waals surface area contributed by atoms with Crippen molar-refractivity contribution in [1.29, 1.82) is 0 Å². The van der Waals surface area contributed by atoms with Crippen LogP contribution in [0.15, 0.2) is 215 Å². The van der Waals surface area contributed by atoms with E-state index >= 15 is 0 Å². The van der Waals surface area contributed by atoms with E-state index in [0.29, 0.717) is 0 Å². The average Bonchev–Trinajstić information content (AvgIpc) is 4.11. The zero-order valence-electron chi connectivity index (χ0n) is 34.3. The van der Waals surface area contributed by atoms with Crippen LogP contribution in [0.5, 0.6) is 0 Å².